The van der Waals surface area contributed by atoms with Crippen LogP contribution in [-0.2, 0) is 11.2 Å². The van der Waals surface area contributed by atoms with Gasteiger partial charge in [-0.2, -0.15) is 0 Å². The molecule has 1 aliphatic rings. The number of pyridine rings is 1. The highest BCUT2D eigenvalue weighted by molar-refractivity contribution is 5.77. The van der Waals surface area contributed by atoms with Crippen LogP contribution in [0.3, 0.4) is 0 Å². The van der Waals surface area contributed by atoms with Gasteiger partial charge in [0.25, 0.3) is 5.91 Å². The summed E-state index contributed by atoms with van der Waals surface area (Å²) in [6.45, 7) is 4.65. The van der Waals surface area contributed by atoms with Crippen molar-refractivity contribution in [1.29, 1.82) is 0 Å². The van der Waals surface area contributed by atoms with E-state index < -0.39 is 0 Å². The van der Waals surface area contributed by atoms with Gasteiger partial charge < -0.3 is 15.8 Å². The van der Waals surface area contributed by atoms with Gasteiger partial charge in [-0.3, -0.25) is 9.78 Å². The number of aryl methyl sites for hydroxylation is 1. The van der Waals surface area contributed by atoms with Gasteiger partial charge in [0, 0.05) is 24.7 Å². The minimum absolute atomic E-state index is 0.00958. The van der Waals surface area contributed by atoms with Gasteiger partial charge in [0.1, 0.15) is 5.75 Å². The lowest BCUT2D eigenvalue weighted by atomic mass is 10.1. The summed E-state index contributed by atoms with van der Waals surface area (Å²) in [5.74, 6) is 1.24. The number of aromatic nitrogens is 1. The fraction of sp³-hybridized carbons (Fsp3) is 0.600. The molecule has 1 aromatic heterocycles. The van der Waals surface area contributed by atoms with Gasteiger partial charge in [0.15, 0.2) is 6.61 Å². The fourth-order valence-corrected chi connectivity index (χ4v) is 1.95. The molecule has 3 N–H and O–H groups in total. The van der Waals surface area contributed by atoms with Gasteiger partial charge in [-0.05, 0) is 44.7 Å². The number of nitrogens with one attached hydrogen (secondary N) is 1. The van der Waals surface area contributed by atoms with Crippen molar-refractivity contribution in [3.05, 3.63) is 23.5 Å². The largest absolute Gasteiger partial charge is 0.482 e. The first-order valence-corrected chi connectivity index (χ1v) is 7.16. The topological polar surface area (TPSA) is 77.2 Å². The number of nitrogens with two attached hydrogens (primary N) is 1. The van der Waals surface area contributed by atoms with Crippen molar-refractivity contribution in [2.75, 3.05) is 13.2 Å². The molecule has 1 fully saturated rings. The number of nitrogens with zero attached hydrogens (tertiary/aromatic N) is 1. The van der Waals surface area contributed by atoms with Gasteiger partial charge in [-0.25, -0.2) is 0 Å². The first-order valence-electron chi connectivity index (χ1n) is 7.16. The summed E-state index contributed by atoms with van der Waals surface area (Å²) >= 11 is 0. The third-order valence-electron chi connectivity index (χ3n) is 3.23. The fourth-order valence-electron chi connectivity index (χ4n) is 1.95. The maximum Gasteiger partial charge on any atom is 0.257 e. The quantitative estimate of drug-likeness (QED) is 0.784. The van der Waals surface area contributed by atoms with E-state index in [1.807, 2.05) is 26.0 Å². The molecule has 0 aliphatic heterocycles. The summed E-state index contributed by atoms with van der Waals surface area (Å²) in [5.41, 5.74) is 7.55. The molecule has 110 valence electrons. The molecule has 1 unspecified atom stereocenters. The van der Waals surface area contributed by atoms with Crippen LogP contribution in [0.1, 0.15) is 31.2 Å². The molecule has 1 amide bonds. The molecule has 1 heterocycles. The van der Waals surface area contributed by atoms with Crippen LogP contribution in [-0.4, -0.2) is 30.1 Å². The van der Waals surface area contributed by atoms with E-state index in [-0.39, 0.29) is 18.6 Å². The number of rotatable bonds is 7. The Kier molecular flexibility index (Phi) is 4.95. The Labute approximate surface area is 119 Å². The Morgan fingerprint density at radius 3 is 2.95 bits per heavy atom. The van der Waals surface area contributed by atoms with Crippen molar-refractivity contribution >= 4 is 5.91 Å². The molecule has 5 heteroatoms. The standard InChI is InChI=1S/C15H23N3O2/c1-10(16)7-13-14(6-3-11(2)18-13)20-9-15(19)17-8-12-4-5-12/h3,6,10,12H,4-5,7-9,16H2,1-2H3,(H,17,19). The number of carbonyl (C=O) groups excluding carboxylic acids is 1. The zero-order chi connectivity index (χ0) is 14.5. The summed E-state index contributed by atoms with van der Waals surface area (Å²) in [6.07, 6.45) is 3.09. The maximum absolute atomic E-state index is 11.7. The summed E-state index contributed by atoms with van der Waals surface area (Å²) in [4.78, 5) is 16.1. The van der Waals surface area contributed by atoms with E-state index in [4.69, 9.17) is 10.5 Å². The highest BCUT2D eigenvalue weighted by Gasteiger charge is 2.21. The molecule has 1 aliphatic carbocycles. The number of ether oxygens (including phenoxy) is 1. The molecule has 0 aromatic carbocycles. The van der Waals surface area contributed by atoms with Crippen LogP contribution in [0.25, 0.3) is 0 Å². The second-order valence-electron chi connectivity index (χ2n) is 5.61. The number of hydrogen-bond acceptors (Lipinski definition) is 4. The van der Waals surface area contributed by atoms with E-state index in [0.717, 1.165) is 17.9 Å². The van der Waals surface area contributed by atoms with E-state index in [1.54, 1.807) is 0 Å². The lowest BCUT2D eigenvalue weighted by Crippen LogP contribution is -2.30. The van der Waals surface area contributed by atoms with Crippen LogP contribution in [0.2, 0.25) is 0 Å². The van der Waals surface area contributed by atoms with Gasteiger partial charge in [-0.1, -0.05) is 0 Å². The number of amides is 1. The summed E-state index contributed by atoms with van der Waals surface area (Å²) < 4.78 is 5.58. The first-order chi connectivity index (χ1) is 9.54. The molecule has 0 bridgehead atoms. The van der Waals surface area contributed by atoms with Crippen LogP contribution >= 0.6 is 0 Å². The van der Waals surface area contributed by atoms with Crippen molar-refractivity contribution < 1.29 is 9.53 Å². The molecular weight excluding hydrogens is 254 g/mol. The van der Waals surface area contributed by atoms with Gasteiger partial charge in [-0.15, -0.1) is 0 Å². The molecular formula is C15H23N3O2. The molecule has 0 radical (unpaired) electrons. The van der Waals surface area contributed by atoms with Crippen LogP contribution in [0, 0.1) is 12.8 Å². The maximum atomic E-state index is 11.7. The Bertz CT molecular complexity index is 470. The monoisotopic (exact) mass is 277 g/mol. The molecule has 1 aromatic rings. The lowest BCUT2D eigenvalue weighted by Gasteiger charge is -2.13. The van der Waals surface area contributed by atoms with Gasteiger partial charge >= 0.3 is 0 Å². The molecule has 0 saturated heterocycles. The minimum Gasteiger partial charge on any atom is -0.482 e. The van der Waals surface area contributed by atoms with Crippen molar-refractivity contribution in [1.82, 2.24) is 10.3 Å². The minimum atomic E-state index is -0.0794. The Morgan fingerprint density at radius 1 is 1.55 bits per heavy atom. The second-order valence-corrected chi connectivity index (χ2v) is 5.61. The summed E-state index contributed by atoms with van der Waals surface area (Å²) in [7, 11) is 0. The molecule has 5 nitrogen and oxygen atoms in total. The molecule has 1 atom stereocenters. The smallest absolute Gasteiger partial charge is 0.257 e. The van der Waals surface area contributed by atoms with E-state index in [2.05, 4.69) is 10.3 Å². The van der Waals surface area contributed by atoms with E-state index >= 15 is 0 Å². The highest BCUT2D eigenvalue weighted by atomic mass is 16.5. The van der Waals surface area contributed by atoms with Crippen LogP contribution in [0.15, 0.2) is 12.1 Å². The van der Waals surface area contributed by atoms with Crippen molar-refractivity contribution in [3.63, 3.8) is 0 Å². The van der Waals surface area contributed by atoms with Gasteiger partial charge in [0.05, 0.1) is 5.69 Å². The van der Waals surface area contributed by atoms with E-state index in [9.17, 15) is 4.79 Å². The summed E-state index contributed by atoms with van der Waals surface area (Å²) in [5, 5.41) is 2.88. The zero-order valence-electron chi connectivity index (χ0n) is 12.2. The number of carbonyl (C=O) groups is 1. The van der Waals surface area contributed by atoms with Crippen LogP contribution in [0.4, 0.5) is 0 Å². The SMILES string of the molecule is Cc1ccc(OCC(=O)NCC2CC2)c(CC(C)N)n1. The molecule has 2 rings (SSSR count). The van der Waals surface area contributed by atoms with Crippen molar-refractivity contribution in [3.8, 4) is 5.75 Å². The van der Waals surface area contributed by atoms with Gasteiger partial charge in [0.2, 0.25) is 0 Å². The van der Waals surface area contributed by atoms with Crippen molar-refractivity contribution in [2.45, 2.75) is 39.2 Å². The van der Waals surface area contributed by atoms with Crippen LogP contribution < -0.4 is 15.8 Å². The average Bonchev–Trinajstić information content (AvgIpc) is 3.18. The van der Waals surface area contributed by atoms with Crippen molar-refractivity contribution in [2.24, 2.45) is 11.7 Å². The predicted molar refractivity (Wildman–Crippen MR) is 77.6 cm³/mol. The first kappa shape index (κ1) is 14.8. The Morgan fingerprint density at radius 2 is 2.30 bits per heavy atom. The predicted octanol–water partition coefficient (Wildman–Crippen LogP) is 1.18. The Hall–Kier alpha value is -1.62. The van der Waals surface area contributed by atoms with Crippen LogP contribution in [0.5, 0.6) is 5.75 Å². The molecule has 20 heavy (non-hydrogen) atoms. The third-order valence-corrected chi connectivity index (χ3v) is 3.23. The Balaban J connectivity index is 1.88. The highest BCUT2D eigenvalue weighted by Crippen LogP contribution is 2.27. The molecule has 1 saturated carbocycles. The molecule has 0 spiro atoms. The van der Waals surface area contributed by atoms with E-state index in [1.165, 1.54) is 12.8 Å². The average molecular weight is 277 g/mol. The second kappa shape index (κ2) is 6.70. The third kappa shape index (κ3) is 4.81. The summed E-state index contributed by atoms with van der Waals surface area (Å²) in [6, 6.07) is 3.74. The van der Waals surface area contributed by atoms with E-state index in [0.29, 0.717) is 18.1 Å². The number of hydrogen-bond donors (Lipinski definition) is 2. The normalized spacial score (nSPS) is 15.8. The lowest BCUT2D eigenvalue weighted by molar-refractivity contribution is -0.123. The zero-order valence-corrected chi connectivity index (χ0v) is 12.2.